The van der Waals surface area contributed by atoms with Crippen molar-refractivity contribution in [3.05, 3.63) is 59.0 Å². The van der Waals surface area contributed by atoms with Crippen LogP contribution in [0.4, 0.5) is 15.0 Å². The fourth-order valence-corrected chi connectivity index (χ4v) is 3.55. The second-order valence-electron chi connectivity index (χ2n) is 7.46. The van der Waals surface area contributed by atoms with Crippen LogP contribution in [0, 0.1) is 5.82 Å². The van der Waals surface area contributed by atoms with Crippen molar-refractivity contribution in [1.82, 2.24) is 15.6 Å². The van der Waals surface area contributed by atoms with Crippen LogP contribution >= 0.6 is 0 Å². The molecule has 0 radical (unpaired) electrons. The van der Waals surface area contributed by atoms with Gasteiger partial charge in [0.2, 0.25) is 0 Å². The van der Waals surface area contributed by atoms with Gasteiger partial charge in [0.15, 0.2) is 0 Å². The highest BCUT2D eigenvalue weighted by Crippen LogP contribution is 2.20. The molecule has 0 bridgehead atoms. The van der Waals surface area contributed by atoms with Gasteiger partial charge in [-0.05, 0) is 61.9 Å². The van der Waals surface area contributed by atoms with E-state index in [9.17, 15) is 14.0 Å². The predicted molar refractivity (Wildman–Crippen MR) is 116 cm³/mol. The Morgan fingerprint density at radius 2 is 2.16 bits per heavy atom. The Kier molecular flexibility index (Phi) is 8.20. The first-order valence-electron chi connectivity index (χ1n) is 10.7. The summed E-state index contributed by atoms with van der Waals surface area (Å²) in [5.74, 6) is 0.0797. The van der Waals surface area contributed by atoms with E-state index in [1.807, 2.05) is 6.07 Å². The normalized spacial score (nSPS) is 13.5. The zero-order valence-corrected chi connectivity index (χ0v) is 17.7. The van der Waals surface area contributed by atoms with E-state index >= 15 is 0 Å². The Morgan fingerprint density at radius 1 is 1.29 bits per heavy atom. The first-order chi connectivity index (χ1) is 15.0. The molecule has 1 aliphatic rings. The average molecular weight is 429 g/mol. The standard InChI is InChI=1S/C23H29FN4O3/c1-2-31-21(29)15-20(17-6-3-8-18(24)14-17)28-23(30)26-13-5-9-19-11-10-16-7-4-12-25-22(16)27-19/h3,6,8,10-11,14,20H,2,4-5,7,9,12-13,15H2,1H3,(H,25,27)(H2,26,28,30). The second-order valence-corrected chi connectivity index (χ2v) is 7.46. The highest BCUT2D eigenvalue weighted by Gasteiger charge is 2.19. The summed E-state index contributed by atoms with van der Waals surface area (Å²) < 4.78 is 18.6. The molecule has 0 fully saturated rings. The van der Waals surface area contributed by atoms with E-state index in [1.165, 1.54) is 17.7 Å². The molecule has 0 aliphatic carbocycles. The molecule has 8 heteroatoms. The van der Waals surface area contributed by atoms with Crippen LogP contribution < -0.4 is 16.0 Å². The molecule has 1 aromatic carbocycles. The molecule has 1 aliphatic heterocycles. The number of nitrogens with zero attached hydrogens (tertiary/aromatic N) is 1. The van der Waals surface area contributed by atoms with E-state index in [0.29, 0.717) is 12.1 Å². The SMILES string of the molecule is CCOC(=O)CC(NC(=O)NCCCc1ccc2c(n1)NCCC2)c1cccc(F)c1. The summed E-state index contributed by atoms with van der Waals surface area (Å²) in [6.07, 6.45) is 3.57. The summed E-state index contributed by atoms with van der Waals surface area (Å²) in [5, 5.41) is 8.86. The van der Waals surface area contributed by atoms with Gasteiger partial charge < -0.3 is 20.7 Å². The molecule has 2 amide bonds. The van der Waals surface area contributed by atoms with Gasteiger partial charge in [0.1, 0.15) is 11.6 Å². The maximum Gasteiger partial charge on any atom is 0.315 e. The van der Waals surface area contributed by atoms with Gasteiger partial charge in [0, 0.05) is 18.8 Å². The third kappa shape index (κ3) is 6.94. The quantitative estimate of drug-likeness (QED) is 0.420. The van der Waals surface area contributed by atoms with Crippen LogP contribution in [0.3, 0.4) is 0 Å². The lowest BCUT2D eigenvalue weighted by atomic mass is 10.0. The van der Waals surface area contributed by atoms with Crippen molar-refractivity contribution in [2.75, 3.05) is 25.0 Å². The number of fused-ring (bicyclic) bond motifs is 1. The number of benzene rings is 1. The van der Waals surface area contributed by atoms with E-state index in [4.69, 9.17) is 4.74 Å². The summed E-state index contributed by atoms with van der Waals surface area (Å²) in [6.45, 7) is 3.35. The molecular formula is C23H29FN4O3. The largest absolute Gasteiger partial charge is 0.466 e. The Hall–Kier alpha value is -3.16. The van der Waals surface area contributed by atoms with Crippen LogP contribution in [0.15, 0.2) is 36.4 Å². The van der Waals surface area contributed by atoms with Crippen LogP contribution in [0.5, 0.6) is 0 Å². The van der Waals surface area contributed by atoms with Gasteiger partial charge in [-0.2, -0.15) is 0 Å². The Balaban J connectivity index is 1.49. The van der Waals surface area contributed by atoms with Crippen molar-refractivity contribution in [2.24, 2.45) is 0 Å². The summed E-state index contributed by atoms with van der Waals surface area (Å²) in [7, 11) is 0. The van der Waals surface area contributed by atoms with E-state index in [1.54, 1.807) is 19.1 Å². The molecular weight excluding hydrogens is 399 g/mol. The molecule has 0 spiro atoms. The van der Waals surface area contributed by atoms with Gasteiger partial charge in [-0.1, -0.05) is 18.2 Å². The smallest absolute Gasteiger partial charge is 0.315 e. The fraction of sp³-hybridized carbons (Fsp3) is 0.435. The number of amides is 2. The van der Waals surface area contributed by atoms with Crippen LogP contribution in [-0.2, 0) is 22.4 Å². The lowest BCUT2D eigenvalue weighted by molar-refractivity contribution is -0.143. The number of urea groups is 1. The maximum atomic E-state index is 13.6. The molecule has 1 unspecified atom stereocenters. The van der Waals surface area contributed by atoms with Crippen LogP contribution in [0.25, 0.3) is 0 Å². The zero-order chi connectivity index (χ0) is 22.1. The first-order valence-corrected chi connectivity index (χ1v) is 10.7. The van der Waals surface area contributed by atoms with E-state index < -0.39 is 23.9 Å². The number of carbonyl (C=O) groups excluding carboxylic acids is 2. The lowest BCUT2D eigenvalue weighted by Gasteiger charge is -2.19. The maximum absolute atomic E-state index is 13.6. The van der Waals surface area contributed by atoms with Gasteiger partial charge in [-0.3, -0.25) is 4.79 Å². The average Bonchev–Trinajstić information content (AvgIpc) is 2.76. The van der Waals surface area contributed by atoms with Crippen LogP contribution in [-0.4, -0.2) is 36.7 Å². The van der Waals surface area contributed by atoms with Crippen molar-refractivity contribution < 1.29 is 18.7 Å². The van der Waals surface area contributed by atoms with E-state index in [2.05, 4.69) is 27.0 Å². The molecule has 2 aromatic rings. The molecule has 1 aromatic heterocycles. The fourth-order valence-electron chi connectivity index (χ4n) is 3.55. The number of halogens is 1. The number of hydrogen-bond donors (Lipinski definition) is 3. The van der Waals surface area contributed by atoms with Gasteiger partial charge in [0.25, 0.3) is 0 Å². The molecule has 166 valence electrons. The monoisotopic (exact) mass is 428 g/mol. The molecule has 2 heterocycles. The van der Waals surface area contributed by atoms with Crippen molar-refractivity contribution in [1.29, 1.82) is 0 Å². The number of pyridine rings is 1. The molecule has 0 saturated heterocycles. The number of hydrogen-bond acceptors (Lipinski definition) is 5. The molecule has 3 N–H and O–H groups in total. The molecule has 31 heavy (non-hydrogen) atoms. The molecule has 3 rings (SSSR count). The lowest BCUT2D eigenvalue weighted by Crippen LogP contribution is -2.39. The van der Waals surface area contributed by atoms with Gasteiger partial charge in [-0.25, -0.2) is 14.2 Å². The minimum absolute atomic E-state index is 0.0727. The van der Waals surface area contributed by atoms with Crippen molar-refractivity contribution in [2.45, 2.75) is 45.1 Å². The van der Waals surface area contributed by atoms with Crippen molar-refractivity contribution in [3.63, 3.8) is 0 Å². The number of carbonyl (C=O) groups is 2. The topological polar surface area (TPSA) is 92.3 Å². The number of aryl methyl sites for hydroxylation is 2. The third-order valence-electron chi connectivity index (χ3n) is 5.08. The van der Waals surface area contributed by atoms with E-state index in [-0.39, 0.29) is 13.0 Å². The highest BCUT2D eigenvalue weighted by atomic mass is 19.1. The zero-order valence-electron chi connectivity index (χ0n) is 17.7. The third-order valence-corrected chi connectivity index (χ3v) is 5.08. The summed E-state index contributed by atoms with van der Waals surface area (Å²) in [4.78, 5) is 28.9. The summed E-state index contributed by atoms with van der Waals surface area (Å²) >= 11 is 0. The predicted octanol–water partition coefficient (Wildman–Crippen LogP) is 3.51. The number of nitrogens with one attached hydrogen (secondary N) is 3. The van der Waals surface area contributed by atoms with Crippen LogP contribution in [0.2, 0.25) is 0 Å². The van der Waals surface area contributed by atoms with Crippen LogP contribution in [0.1, 0.15) is 49.0 Å². The number of esters is 1. The highest BCUT2D eigenvalue weighted by molar-refractivity contribution is 5.76. The molecule has 7 nitrogen and oxygen atoms in total. The summed E-state index contributed by atoms with van der Waals surface area (Å²) in [6, 6.07) is 8.89. The minimum Gasteiger partial charge on any atom is -0.466 e. The minimum atomic E-state index is -0.678. The summed E-state index contributed by atoms with van der Waals surface area (Å²) in [5.41, 5.74) is 2.74. The number of rotatable bonds is 9. The molecule has 0 saturated carbocycles. The number of ether oxygens (including phenoxy) is 1. The van der Waals surface area contributed by atoms with Gasteiger partial charge in [-0.15, -0.1) is 0 Å². The van der Waals surface area contributed by atoms with Gasteiger partial charge in [0.05, 0.1) is 19.1 Å². The second kappa shape index (κ2) is 11.3. The first kappa shape index (κ1) is 22.5. The Labute approximate surface area is 181 Å². The van der Waals surface area contributed by atoms with E-state index in [0.717, 1.165) is 43.7 Å². The molecule has 1 atom stereocenters. The van der Waals surface area contributed by atoms with Crippen molar-refractivity contribution in [3.8, 4) is 0 Å². The number of anilines is 1. The van der Waals surface area contributed by atoms with Crippen molar-refractivity contribution >= 4 is 17.8 Å². The number of aromatic nitrogens is 1. The van der Waals surface area contributed by atoms with Gasteiger partial charge >= 0.3 is 12.0 Å². The Bertz CT molecular complexity index is 906. The Morgan fingerprint density at radius 3 is 2.97 bits per heavy atom.